The molecule has 1 amide bonds. The van der Waals surface area contributed by atoms with Gasteiger partial charge in [0.05, 0.1) is 17.1 Å². The second-order valence-corrected chi connectivity index (χ2v) is 10.3. The molecule has 6 rings (SSSR count). The van der Waals surface area contributed by atoms with Crippen LogP contribution in [0.1, 0.15) is 70.9 Å². The Kier molecular flexibility index (Phi) is 5.47. The SMILES string of the molecule is CCc1nc(C)ccc1OCC(=O)N1CCc2nc3sc(C)nn3c2C1c1cnc(C2CC2)nc1. The zero-order valence-electron chi connectivity index (χ0n) is 20.1. The van der Waals surface area contributed by atoms with Crippen LogP contribution in [0.15, 0.2) is 24.5 Å². The third-order valence-electron chi connectivity index (χ3n) is 6.60. The highest BCUT2D eigenvalue weighted by Gasteiger charge is 2.37. The highest BCUT2D eigenvalue weighted by molar-refractivity contribution is 7.16. The minimum Gasteiger partial charge on any atom is -0.482 e. The fourth-order valence-electron chi connectivity index (χ4n) is 4.71. The summed E-state index contributed by atoms with van der Waals surface area (Å²) in [5.41, 5.74) is 4.54. The van der Waals surface area contributed by atoms with Gasteiger partial charge in [0.1, 0.15) is 22.6 Å². The van der Waals surface area contributed by atoms with E-state index in [9.17, 15) is 4.79 Å². The molecule has 1 atom stereocenters. The predicted octanol–water partition coefficient (Wildman–Crippen LogP) is 3.59. The highest BCUT2D eigenvalue weighted by atomic mass is 32.1. The quantitative estimate of drug-likeness (QED) is 0.408. The minimum absolute atomic E-state index is 0.0668. The fourth-order valence-corrected chi connectivity index (χ4v) is 5.48. The van der Waals surface area contributed by atoms with Gasteiger partial charge in [-0.15, -0.1) is 0 Å². The first kappa shape index (κ1) is 22.1. The largest absolute Gasteiger partial charge is 0.482 e. The molecule has 0 spiro atoms. The van der Waals surface area contributed by atoms with E-state index in [1.807, 2.05) is 54.7 Å². The molecule has 1 unspecified atom stereocenters. The highest BCUT2D eigenvalue weighted by Crippen LogP contribution is 2.39. The van der Waals surface area contributed by atoms with Gasteiger partial charge >= 0.3 is 0 Å². The maximum Gasteiger partial charge on any atom is 0.261 e. The summed E-state index contributed by atoms with van der Waals surface area (Å²) in [7, 11) is 0. The molecule has 2 aliphatic rings. The van der Waals surface area contributed by atoms with E-state index in [1.165, 1.54) is 0 Å². The molecule has 0 radical (unpaired) electrons. The summed E-state index contributed by atoms with van der Waals surface area (Å²) in [5, 5.41) is 5.62. The second kappa shape index (κ2) is 8.67. The van der Waals surface area contributed by atoms with Gasteiger partial charge in [-0.2, -0.15) is 5.10 Å². The van der Waals surface area contributed by atoms with Gasteiger partial charge < -0.3 is 9.64 Å². The van der Waals surface area contributed by atoms with Gasteiger partial charge in [-0.1, -0.05) is 18.3 Å². The number of nitrogens with zero attached hydrogens (tertiary/aromatic N) is 7. The van der Waals surface area contributed by atoms with Gasteiger partial charge in [-0.3, -0.25) is 9.78 Å². The van der Waals surface area contributed by atoms with E-state index in [4.69, 9.17) is 14.8 Å². The molecule has 0 aromatic carbocycles. The molecule has 4 aromatic heterocycles. The molecule has 4 aromatic rings. The maximum atomic E-state index is 13.6. The number of fused-ring (bicyclic) bond motifs is 3. The van der Waals surface area contributed by atoms with E-state index in [2.05, 4.69) is 15.0 Å². The van der Waals surface area contributed by atoms with Gasteiger partial charge in [0.25, 0.3) is 5.91 Å². The summed E-state index contributed by atoms with van der Waals surface area (Å²) < 4.78 is 7.86. The van der Waals surface area contributed by atoms with Crippen molar-refractivity contribution < 1.29 is 9.53 Å². The van der Waals surface area contributed by atoms with Crippen LogP contribution in [0.25, 0.3) is 4.96 Å². The van der Waals surface area contributed by atoms with Crippen molar-refractivity contribution in [2.45, 2.75) is 58.4 Å². The zero-order valence-corrected chi connectivity index (χ0v) is 20.9. The van der Waals surface area contributed by atoms with Crippen molar-refractivity contribution in [3.05, 3.63) is 63.7 Å². The number of hydrogen-bond donors (Lipinski definition) is 0. The van der Waals surface area contributed by atoms with E-state index in [0.29, 0.717) is 24.6 Å². The van der Waals surface area contributed by atoms with Crippen LogP contribution in [-0.4, -0.2) is 53.5 Å². The van der Waals surface area contributed by atoms with Crippen LogP contribution in [0.3, 0.4) is 0 Å². The molecule has 180 valence electrons. The lowest BCUT2D eigenvalue weighted by atomic mass is 9.97. The standard InChI is InChI=1S/C25H27N7O2S/c1-4-18-20(8-5-14(2)28-18)34-13-21(33)31-10-9-19-23(32-25(29-19)35-15(3)30-32)22(31)17-11-26-24(27-12-17)16-6-7-16/h5,8,11-12,16,22H,4,6-7,9-10,13H2,1-3H3. The number of aromatic nitrogens is 6. The van der Waals surface area contributed by atoms with Crippen molar-refractivity contribution in [1.82, 2.24) is 34.4 Å². The zero-order chi connectivity index (χ0) is 24.1. The number of aryl methyl sites for hydroxylation is 3. The van der Waals surface area contributed by atoms with Crippen LogP contribution in [0, 0.1) is 13.8 Å². The molecule has 10 heteroatoms. The number of imidazole rings is 1. The molecule has 9 nitrogen and oxygen atoms in total. The first-order valence-corrected chi connectivity index (χ1v) is 12.9. The summed E-state index contributed by atoms with van der Waals surface area (Å²) in [6.45, 7) is 6.43. The maximum absolute atomic E-state index is 13.6. The van der Waals surface area contributed by atoms with E-state index >= 15 is 0 Å². The summed E-state index contributed by atoms with van der Waals surface area (Å²) in [5.74, 6) is 1.90. The van der Waals surface area contributed by atoms with Crippen molar-refractivity contribution in [3.63, 3.8) is 0 Å². The average Bonchev–Trinajstić information content (AvgIpc) is 3.57. The topological polar surface area (TPSA) is 98.4 Å². The normalized spacial score (nSPS) is 17.6. The molecule has 1 saturated carbocycles. The van der Waals surface area contributed by atoms with E-state index in [0.717, 1.165) is 63.4 Å². The van der Waals surface area contributed by atoms with Crippen LogP contribution in [0.4, 0.5) is 0 Å². The first-order chi connectivity index (χ1) is 17.0. The summed E-state index contributed by atoms with van der Waals surface area (Å²) in [6, 6.07) is 3.42. The lowest BCUT2D eigenvalue weighted by Crippen LogP contribution is -2.43. The molecule has 1 aliphatic heterocycles. The average molecular weight is 490 g/mol. The van der Waals surface area contributed by atoms with Gasteiger partial charge in [-0.25, -0.2) is 19.5 Å². The summed E-state index contributed by atoms with van der Waals surface area (Å²) >= 11 is 1.55. The van der Waals surface area contributed by atoms with Crippen molar-refractivity contribution in [2.75, 3.05) is 13.2 Å². The summed E-state index contributed by atoms with van der Waals surface area (Å²) in [4.78, 5) is 34.9. The van der Waals surface area contributed by atoms with Gasteiger partial charge in [0.2, 0.25) is 4.96 Å². The Morgan fingerprint density at radius 3 is 2.71 bits per heavy atom. The van der Waals surface area contributed by atoms with Crippen LogP contribution in [-0.2, 0) is 17.6 Å². The lowest BCUT2D eigenvalue weighted by molar-refractivity contribution is -0.135. The van der Waals surface area contributed by atoms with E-state index in [-0.39, 0.29) is 18.6 Å². The van der Waals surface area contributed by atoms with Crippen molar-refractivity contribution in [3.8, 4) is 5.75 Å². The number of rotatable bonds is 6. The van der Waals surface area contributed by atoms with E-state index < -0.39 is 0 Å². The smallest absolute Gasteiger partial charge is 0.261 e. The van der Waals surface area contributed by atoms with E-state index in [1.54, 1.807) is 11.3 Å². The van der Waals surface area contributed by atoms with Crippen LogP contribution >= 0.6 is 11.3 Å². The number of carbonyl (C=O) groups is 1. The third kappa shape index (κ3) is 4.05. The Balaban J connectivity index is 1.34. The second-order valence-electron chi connectivity index (χ2n) is 9.19. The molecule has 0 bridgehead atoms. The predicted molar refractivity (Wildman–Crippen MR) is 131 cm³/mol. The van der Waals surface area contributed by atoms with Gasteiger partial charge in [-0.05, 0) is 45.2 Å². The number of hydrogen-bond acceptors (Lipinski definition) is 8. The number of amides is 1. The van der Waals surface area contributed by atoms with Crippen LogP contribution < -0.4 is 4.74 Å². The Morgan fingerprint density at radius 1 is 1.17 bits per heavy atom. The van der Waals surface area contributed by atoms with Crippen LogP contribution in [0.2, 0.25) is 0 Å². The Morgan fingerprint density at radius 2 is 1.97 bits per heavy atom. The van der Waals surface area contributed by atoms with Crippen molar-refractivity contribution >= 4 is 22.2 Å². The molecule has 35 heavy (non-hydrogen) atoms. The first-order valence-electron chi connectivity index (χ1n) is 12.1. The van der Waals surface area contributed by atoms with Crippen molar-refractivity contribution in [1.29, 1.82) is 0 Å². The number of pyridine rings is 1. The Bertz CT molecular complexity index is 1410. The molecule has 1 aliphatic carbocycles. The molecular formula is C25H27N7O2S. The Hall–Kier alpha value is -3.40. The van der Waals surface area contributed by atoms with Gasteiger partial charge in [0, 0.05) is 42.5 Å². The molecule has 0 saturated heterocycles. The minimum atomic E-state index is -0.374. The molecular weight excluding hydrogens is 462 g/mol. The number of carbonyl (C=O) groups excluding carboxylic acids is 1. The third-order valence-corrected chi connectivity index (χ3v) is 7.43. The monoisotopic (exact) mass is 489 g/mol. The number of ether oxygens (including phenoxy) is 1. The molecule has 0 N–H and O–H groups in total. The molecule has 1 fully saturated rings. The summed E-state index contributed by atoms with van der Waals surface area (Å²) in [6.07, 6.45) is 7.41. The molecule has 5 heterocycles. The van der Waals surface area contributed by atoms with Crippen LogP contribution in [0.5, 0.6) is 5.75 Å². The fraction of sp³-hybridized carbons (Fsp3) is 0.440. The Labute approximate surface area is 207 Å². The van der Waals surface area contributed by atoms with Gasteiger partial charge in [0.15, 0.2) is 6.61 Å². The van der Waals surface area contributed by atoms with Crippen molar-refractivity contribution in [2.24, 2.45) is 0 Å². The lowest BCUT2D eigenvalue weighted by Gasteiger charge is -2.35.